The number of ether oxygens (including phenoxy) is 1. The van der Waals surface area contributed by atoms with Gasteiger partial charge in [0.1, 0.15) is 23.5 Å². The van der Waals surface area contributed by atoms with Crippen LogP contribution >= 0.6 is 0 Å². The van der Waals surface area contributed by atoms with E-state index >= 15 is 0 Å². The minimum absolute atomic E-state index is 0.210. The van der Waals surface area contributed by atoms with E-state index < -0.39 is 6.10 Å². The molecular weight excluding hydrogens is 354 g/mol. The molecule has 1 aliphatic rings. The molecule has 0 saturated heterocycles. The number of benzene rings is 2. The third-order valence-corrected chi connectivity index (χ3v) is 5.65. The lowest BCUT2D eigenvalue weighted by atomic mass is 9.88. The molecule has 28 heavy (non-hydrogen) atoms. The monoisotopic (exact) mass is 379 g/mol. The number of furan rings is 1. The molecule has 1 fully saturated rings. The molecule has 0 spiro atoms. The average molecular weight is 379 g/mol. The number of amides is 1. The van der Waals surface area contributed by atoms with Crippen LogP contribution in [-0.2, 0) is 0 Å². The highest BCUT2D eigenvalue weighted by molar-refractivity contribution is 5.99. The maximum Gasteiger partial charge on any atom is 0.289 e. The zero-order chi connectivity index (χ0) is 19.7. The maximum atomic E-state index is 13.1. The molecule has 146 valence electrons. The van der Waals surface area contributed by atoms with Crippen molar-refractivity contribution in [2.45, 2.75) is 44.4 Å². The second-order valence-corrected chi connectivity index (χ2v) is 7.43. The van der Waals surface area contributed by atoms with Gasteiger partial charge in [0, 0.05) is 18.0 Å². The fourth-order valence-electron chi connectivity index (χ4n) is 4.03. The zero-order valence-electron chi connectivity index (χ0n) is 16.2. The Balaban J connectivity index is 1.53. The Morgan fingerprint density at radius 2 is 1.82 bits per heavy atom. The highest BCUT2D eigenvalue weighted by atomic mass is 16.5. The van der Waals surface area contributed by atoms with Gasteiger partial charge in [0.25, 0.3) is 5.91 Å². The highest BCUT2D eigenvalue weighted by Crippen LogP contribution is 2.30. The number of nitrogens with zero attached hydrogens (tertiary/aromatic N) is 1. The van der Waals surface area contributed by atoms with Crippen molar-refractivity contribution in [3.05, 3.63) is 65.9 Å². The molecule has 3 aromatic rings. The van der Waals surface area contributed by atoms with E-state index in [0.29, 0.717) is 11.3 Å². The summed E-state index contributed by atoms with van der Waals surface area (Å²) in [7, 11) is 1.73. The van der Waals surface area contributed by atoms with E-state index in [0.717, 1.165) is 36.0 Å². The Bertz CT molecular complexity index is 965. The van der Waals surface area contributed by atoms with Crippen LogP contribution in [0.15, 0.2) is 59.0 Å². The number of aliphatic hydroxyl groups excluding tert-OH is 1. The Hall–Kier alpha value is -2.79. The molecule has 5 heteroatoms. The molecule has 1 heterocycles. The number of hydrogen-bond donors (Lipinski definition) is 1. The van der Waals surface area contributed by atoms with Gasteiger partial charge in [-0.1, -0.05) is 36.4 Å². The van der Waals surface area contributed by atoms with Gasteiger partial charge in [-0.05, 0) is 44.4 Å². The molecule has 0 bridgehead atoms. The first kappa shape index (κ1) is 18.6. The second-order valence-electron chi connectivity index (χ2n) is 7.43. The minimum atomic E-state index is -0.757. The summed E-state index contributed by atoms with van der Waals surface area (Å²) in [5, 5.41) is 11.9. The number of para-hydroxylation sites is 2. The van der Waals surface area contributed by atoms with E-state index in [-0.39, 0.29) is 18.1 Å². The number of rotatable bonds is 4. The van der Waals surface area contributed by atoms with E-state index in [1.54, 1.807) is 11.9 Å². The Kier molecular flexibility index (Phi) is 5.09. The van der Waals surface area contributed by atoms with Gasteiger partial charge in [-0.25, -0.2) is 0 Å². The minimum Gasteiger partial charge on any atom is -0.488 e. The maximum absolute atomic E-state index is 13.1. The predicted molar refractivity (Wildman–Crippen MR) is 108 cm³/mol. The summed E-state index contributed by atoms with van der Waals surface area (Å²) in [6, 6.07) is 16.8. The highest BCUT2D eigenvalue weighted by Gasteiger charge is 2.38. The van der Waals surface area contributed by atoms with Crippen LogP contribution in [0.1, 0.15) is 35.4 Å². The Morgan fingerprint density at radius 3 is 2.57 bits per heavy atom. The van der Waals surface area contributed by atoms with E-state index in [9.17, 15) is 9.90 Å². The van der Waals surface area contributed by atoms with Gasteiger partial charge in [-0.2, -0.15) is 0 Å². The number of aliphatic hydroxyl groups is 1. The molecule has 4 rings (SSSR count). The van der Waals surface area contributed by atoms with Crippen molar-refractivity contribution in [3.8, 4) is 5.75 Å². The lowest BCUT2D eigenvalue weighted by Crippen LogP contribution is -2.53. The van der Waals surface area contributed by atoms with Crippen molar-refractivity contribution in [1.29, 1.82) is 0 Å². The summed E-state index contributed by atoms with van der Waals surface area (Å²) in [4.78, 5) is 14.7. The van der Waals surface area contributed by atoms with Crippen LogP contribution in [0.4, 0.5) is 0 Å². The van der Waals surface area contributed by atoms with E-state index in [4.69, 9.17) is 9.15 Å². The fourth-order valence-corrected chi connectivity index (χ4v) is 4.03. The molecule has 1 N–H and O–H groups in total. The van der Waals surface area contributed by atoms with Gasteiger partial charge >= 0.3 is 0 Å². The van der Waals surface area contributed by atoms with Gasteiger partial charge in [0.15, 0.2) is 5.76 Å². The van der Waals surface area contributed by atoms with E-state index in [2.05, 4.69) is 0 Å². The van der Waals surface area contributed by atoms with Crippen LogP contribution in [0, 0.1) is 6.92 Å². The quantitative estimate of drug-likeness (QED) is 0.739. The van der Waals surface area contributed by atoms with Crippen LogP contribution in [0.2, 0.25) is 0 Å². The molecule has 2 aromatic carbocycles. The van der Waals surface area contributed by atoms with Crippen molar-refractivity contribution in [2.24, 2.45) is 0 Å². The lowest BCUT2D eigenvalue weighted by molar-refractivity contribution is -0.0418. The number of likely N-dealkylation sites (N-methyl/N-ethyl adjacent to an activating group) is 1. The van der Waals surface area contributed by atoms with Gasteiger partial charge < -0.3 is 19.2 Å². The largest absolute Gasteiger partial charge is 0.488 e. The summed E-state index contributed by atoms with van der Waals surface area (Å²) in [5.74, 6) is 0.856. The fraction of sp³-hybridized carbons (Fsp3) is 0.348. The summed E-state index contributed by atoms with van der Waals surface area (Å²) in [6.07, 6.45) is 1.28. The summed E-state index contributed by atoms with van der Waals surface area (Å²) in [5.41, 5.74) is 1.53. The standard InChI is InChI=1S/C23H25NO4/c1-15-17-11-6-7-13-19(17)28-22(15)23(26)24(2)18-12-8-14-20(21(18)25)27-16-9-4-3-5-10-16/h3-7,9-11,13,18,20-21,25H,8,12,14H2,1-2H3/t18-,20-,21-/m1/s1. The van der Waals surface area contributed by atoms with Crippen molar-refractivity contribution in [1.82, 2.24) is 4.90 Å². The molecular formula is C23H25NO4. The van der Waals surface area contributed by atoms with Crippen LogP contribution in [0.5, 0.6) is 5.75 Å². The third kappa shape index (κ3) is 3.38. The Morgan fingerprint density at radius 1 is 1.11 bits per heavy atom. The molecule has 1 saturated carbocycles. The van der Waals surface area contributed by atoms with Gasteiger partial charge in [0.2, 0.25) is 0 Å². The number of hydrogen-bond acceptors (Lipinski definition) is 4. The normalized spacial score (nSPS) is 22.2. The number of carbonyl (C=O) groups is 1. The number of carbonyl (C=O) groups excluding carboxylic acids is 1. The van der Waals surface area contributed by atoms with Crippen molar-refractivity contribution in [3.63, 3.8) is 0 Å². The third-order valence-electron chi connectivity index (χ3n) is 5.65. The van der Waals surface area contributed by atoms with Gasteiger partial charge in [-0.3, -0.25) is 4.79 Å². The first-order chi connectivity index (χ1) is 13.6. The van der Waals surface area contributed by atoms with Crippen molar-refractivity contribution >= 4 is 16.9 Å². The predicted octanol–water partition coefficient (Wildman–Crippen LogP) is 4.17. The Labute approximate surface area is 164 Å². The SMILES string of the molecule is Cc1c(C(=O)N(C)[C@@H]2CCC[C@@H](Oc3ccccc3)[C@@H]2O)oc2ccccc12. The van der Waals surface area contributed by atoms with E-state index in [1.807, 2.05) is 61.5 Å². The van der Waals surface area contributed by atoms with Crippen LogP contribution in [0.3, 0.4) is 0 Å². The van der Waals surface area contributed by atoms with Crippen LogP contribution in [-0.4, -0.2) is 41.2 Å². The summed E-state index contributed by atoms with van der Waals surface area (Å²) in [6.45, 7) is 1.89. The van der Waals surface area contributed by atoms with Crippen molar-refractivity contribution in [2.75, 3.05) is 7.05 Å². The van der Waals surface area contributed by atoms with Gasteiger partial charge in [-0.15, -0.1) is 0 Å². The summed E-state index contributed by atoms with van der Waals surface area (Å²) >= 11 is 0. The smallest absolute Gasteiger partial charge is 0.289 e. The molecule has 1 amide bonds. The second kappa shape index (κ2) is 7.68. The summed E-state index contributed by atoms with van der Waals surface area (Å²) < 4.78 is 11.8. The lowest BCUT2D eigenvalue weighted by Gasteiger charge is -2.39. The van der Waals surface area contributed by atoms with Crippen LogP contribution in [0.25, 0.3) is 11.0 Å². The molecule has 1 aromatic heterocycles. The van der Waals surface area contributed by atoms with Crippen molar-refractivity contribution < 1.29 is 19.1 Å². The topological polar surface area (TPSA) is 62.9 Å². The molecule has 0 unspecified atom stereocenters. The van der Waals surface area contributed by atoms with Gasteiger partial charge in [0.05, 0.1) is 6.04 Å². The molecule has 1 aliphatic carbocycles. The molecule has 0 aliphatic heterocycles. The molecule has 3 atom stereocenters. The average Bonchev–Trinajstić information content (AvgIpc) is 3.06. The zero-order valence-corrected chi connectivity index (χ0v) is 16.2. The first-order valence-electron chi connectivity index (χ1n) is 9.71. The molecule has 0 radical (unpaired) electrons. The number of aryl methyl sites for hydroxylation is 1. The van der Waals surface area contributed by atoms with E-state index in [1.165, 1.54) is 0 Å². The molecule has 5 nitrogen and oxygen atoms in total. The van der Waals surface area contributed by atoms with Crippen LogP contribution < -0.4 is 4.74 Å². The first-order valence-corrected chi connectivity index (χ1v) is 9.71. The number of fused-ring (bicyclic) bond motifs is 1.